The maximum Gasteiger partial charge on any atom is 0.216 e. The molecule has 1 saturated carbocycles. The van der Waals surface area contributed by atoms with Gasteiger partial charge in [0.25, 0.3) is 0 Å². The molecule has 2 N–H and O–H groups in total. The molecule has 168 valence electrons. The van der Waals surface area contributed by atoms with Crippen LogP contribution in [-0.2, 0) is 15.8 Å². The molecule has 4 rings (SSSR count). The third-order valence-corrected chi connectivity index (χ3v) is 6.96. The molecule has 32 heavy (non-hydrogen) atoms. The van der Waals surface area contributed by atoms with Crippen molar-refractivity contribution in [3.05, 3.63) is 66.5 Å². The quantitative estimate of drug-likeness (QED) is 0.517. The maximum atomic E-state index is 12.6. The van der Waals surface area contributed by atoms with Gasteiger partial charge in [-0.15, -0.1) is 0 Å². The van der Waals surface area contributed by atoms with Crippen molar-refractivity contribution in [2.45, 2.75) is 43.9 Å². The third-order valence-electron chi connectivity index (χ3n) is 5.56. The van der Waals surface area contributed by atoms with Crippen LogP contribution in [0, 0.1) is 0 Å². The lowest BCUT2D eigenvalue weighted by Crippen LogP contribution is -2.36. The third kappa shape index (κ3) is 5.83. The summed E-state index contributed by atoms with van der Waals surface area (Å²) in [6.45, 7) is 0. The molecule has 0 radical (unpaired) electrons. The number of rotatable bonds is 8. The number of hydrogen-bond donors (Lipinski definition) is 2. The number of nitrogens with one attached hydrogen (secondary N) is 2. The van der Waals surface area contributed by atoms with Gasteiger partial charge in [-0.3, -0.25) is 0 Å². The molecule has 1 fully saturated rings. The summed E-state index contributed by atoms with van der Waals surface area (Å²) in [6, 6.07) is 17.0. The van der Waals surface area contributed by atoms with Gasteiger partial charge in [0.05, 0.1) is 18.6 Å². The summed E-state index contributed by atoms with van der Waals surface area (Å²) >= 11 is 0. The summed E-state index contributed by atoms with van der Waals surface area (Å²) in [4.78, 5) is 8.67. The molecule has 0 spiro atoms. The summed E-state index contributed by atoms with van der Waals surface area (Å²) in [6.07, 6.45) is 6.69. The average Bonchev–Trinajstić information content (AvgIpc) is 2.79. The SMILES string of the molecule is COc1ccccc1-c1cc(Nc2cccc(CS(=O)(=O)NC3CCCCC3)c2)ncn1. The highest BCUT2D eigenvalue weighted by Crippen LogP contribution is 2.29. The second-order valence-corrected chi connectivity index (χ2v) is 9.78. The van der Waals surface area contributed by atoms with E-state index in [2.05, 4.69) is 20.0 Å². The Morgan fingerprint density at radius 3 is 2.62 bits per heavy atom. The Hall–Kier alpha value is -2.97. The number of nitrogens with zero attached hydrogens (tertiary/aromatic N) is 2. The summed E-state index contributed by atoms with van der Waals surface area (Å²) in [5.41, 5.74) is 3.09. The highest BCUT2D eigenvalue weighted by atomic mass is 32.2. The van der Waals surface area contributed by atoms with E-state index in [0.29, 0.717) is 5.82 Å². The minimum absolute atomic E-state index is 0.0464. The minimum atomic E-state index is -3.39. The van der Waals surface area contributed by atoms with Crippen molar-refractivity contribution in [2.75, 3.05) is 12.4 Å². The number of benzene rings is 2. The first-order valence-corrected chi connectivity index (χ1v) is 12.5. The van der Waals surface area contributed by atoms with Gasteiger partial charge in [0.15, 0.2) is 0 Å². The Balaban J connectivity index is 1.47. The van der Waals surface area contributed by atoms with Crippen LogP contribution < -0.4 is 14.8 Å². The molecule has 0 saturated heterocycles. The van der Waals surface area contributed by atoms with E-state index in [1.165, 1.54) is 12.7 Å². The predicted octanol–water partition coefficient (Wildman–Crippen LogP) is 4.65. The Kier molecular flexibility index (Phi) is 7.02. The maximum absolute atomic E-state index is 12.6. The van der Waals surface area contributed by atoms with E-state index >= 15 is 0 Å². The minimum Gasteiger partial charge on any atom is -0.496 e. The monoisotopic (exact) mass is 452 g/mol. The lowest BCUT2D eigenvalue weighted by molar-refractivity contribution is 0.412. The molecule has 3 aromatic rings. The summed E-state index contributed by atoms with van der Waals surface area (Å²) in [7, 11) is -1.76. The average molecular weight is 453 g/mol. The van der Waals surface area contributed by atoms with Crippen LogP contribution in [0.15, 0.2) is 60.9 Å². The van der Waals surface area contributed by atoms with Crippen LogP contribution in [0.4, 0.5) is 11.5 Å². The number of ether oxygens (including phenoxy) is 1. The van der Waals surface area contributed by atoms with Gasteiger partial charge in [0.1, 0.15) is 17.9 Å². The number of anilines is 2. The standard InChI is InChI=1S/C24H28N4O3S/c1-31-23-13-6-5-12-21(23)22-15-24(26-17-25-22)27-20-11-7-8-18(14-20)16-32(29,30)28-19-9-3-2-4-10-19/h5-8,11-15,17,19,28H,2-4,9-10,16H2,1H3,(H,25,26,27). The van der Waals surface area contributed by atoms with Crippen LogP contribution in [0.3, 0.4) is 0 Å². The second-order valence-electron chi connectivity index (χ2n) is 8.03. The van der Waals surface area contributed by atoms with Crippen LogP contribution in [0.25, 0.3) is 11.3 Å². The molecule has 0 amide bonds. The lowest BCUT2D eigenvalue weighted by atomic mass is 9.96. The number of aromatic nitrogens is 2. The van der Waals surface area contributed by atoms with Crippen LogP contribution in [0.1, 0.15) is 37.7 Å². The van der Waals surface area contributed by atoms with Crippen molar-refractivity contribution in [1.29, 1.82) is 0 Å². The van der Waals surface area contributed by atoms with Crippen LogP contribution in [0.5, 0.6) is 5.75 Å². The number of hydrogen-bond acceptors (Lipinski definition) is 6. The van der Waals surface area contributed by atoms with E-state index in [1.807, 2.05) is 54.6 Å². The van der Waals surface area contributed by atoms with Crippen molar-refractivity contribution < 1.29 is 13.2 Å². The topological polar surface area (TPSA) is 93.2 Å². The van der Waals surface area contributed by atoms with Crippen molar-refractivity contribution in [1.82, 2.24) is 14.7 Å². The zero-order chi connectivity index (χ0) is 22.4. The number of methoxy groups -OCH3 is 1. The molecule has 7 nitrogen and oxygen atoms in total. The molecular formula is C24H28N4O3S. The summed E-state index contributed by atoms with van der Waals surface area (Å²) in [5.74, 6) is 1.30. The molecule has 2 aromatic carbocycles. The van der Waals surface area contributed by atoms with E-state index in [9.17, 15) is 8.42 Å². The number of para-hydroxylation sites is 1. The van der Waals surface area contributed by atoms with Gasteiger partial charge in [-0.25, -0.2) is 23.1 Å². The molecule has 1 aliphatic carbocycles. The molecule has 8 heteroatoms. The highest BCUT2D eigenvalue weighted by molar-refractivity contribution is 7.88. The van der Waals surface area contributed by atoms with Crippen molar-refractivity contribution >= 4 is 21.5 Å². The lowest BCUT2D eigenvalue weighted by Gasteiger charge is -2.22. The predicted molar refractivity (Wildman–Crippen MR) is 126 cm³/mol. The Morgan fingerprint density at radius 1 is 1.00 bits per heavy atom. The van der Waals surface area contributed by atoms with Gasteiger partial charge >= 0.3 is 0 Å². The van der Waals surface area contributed by atoms with E-state index < -0.39 is 10.0 Å². The fourth-order valence-electron chi connectivity index (χ4n) is 4.05. The van der Waals surface area contributed by atoms with E-state index in [1.54, 1.807) is 7.11 Å². The van der Waals surface area contributed by atoms with E-state index in [0.717, 1.165) is 53.9 Å². The van der Waals surface area contributed by atoms with Gasteiger partial charge in [-0.2, -0.15) is 0 Å². The molecule has 1 heterocycles. The molecule has 1 aliphatic rings. The largest absolute Gasteiger partial charge is 0.496 e. The second kappa shape index (κ2) is 10.1. The van der Waals surface area contributed by atoms with Gasteiger partial charge in [-0.05, 0) is 42.7 Å². The van der Waals surface area contributed by atoms with Crippen LogP contribution >= 0.6 is 0 Å². The van der Waals surface area contributed by atoms with Gasteiger partial charge in [0.2, 0.25) is 10.0 Å². The van der Waals surface area contributed by atoms with Crippen molar-refractivity contribution in [3.8, 4) is 17.0 Å². The molecule has 1 aromatic heterocycles. The Labute approximate surface area is 189 Å². The Morgan fingerprint density at radius 2 is 1.81 bits per heavy atom. The zero-order valence-corrected chi connectivity index (χ0v) is 18.9. The molecule has 0 aliphatic heterocycles. The van der Waals surface area contributed by atoms with Crippen molar-refractivity contribution in [3.63, 3.8) is 0 Å². The fourth-order valence-corrected chi connectivity index (χ4v) is 5.50. The van der Waals surface area contributed by atoms with Gasteiger partial charge in [0, 0.05) is 23.4 Å². The normalized spacial score (nSPS) is 14.8. The first-order valence-electron chi connectivity index (χ1n) is 10.8. The molecule has 0 atom stereocenters. The zero-order valence-electron chi connectivity index (χ0n) is 18.1. The molecule has 0 unspecified atom stereocenters. The number of sulfonamides is 1. The molecular weight excluding hydrogens is 424 g/mol. The van der Waals surface area contributed by atoms with Crippen LogP contribution in [-0.4, -0.2) is 31.5 Å². The van der Waals surface area contributed by atoms with Crippen molar-refractivity contribution in [2.24, 2.45) is 0 Å². The Bertz CT molecular complexity index is 1160. The fraction of sp³-hybridized carbons (Fsp3) is 0.333. The summed E-state index contributed by atoms with van der Waals surface area (Å²) in [5, 5.41) is 3.25. The van der Waals surface area contributed by atoms with Crippen LogP contribution in [0.2, 0.25) is 0 Å². The van der Waals surface area contributed by atoms with Gasteiger partial charge < -0.3 is 10.1 Å². The van der Waals surface area contributed by atoms with E-state index in [4.69, 9.17) is 4.74 Å². The molecule has 0 bridgehead atoms. The summed E-state index contributed by atoms with van der Waals surface area (Å²) < 4.78 is 33.6. The first-order chi connectivity index (χ1) is 15.5. The smallest absolute Gasteiger partial charge is 0.216 e. The first kappa shape index (κ1) is 22.2. The highest BCUT2D eigenvalue weighted by Gasteiger charge is 2.20. The van der Waals surface area contributed by atoms with E-state index in [-0.39, 0.29) is 11.8 Å². The van der Waals surface area contributed by atoms with Gasteiger partial charge in [-0.1, -0.05) is 43.5 Å².